The number of sulfonamides is 1. The second-order valence-corrected chi connectivity index (χ2v) is 7.60. The van der Waals surface area contributed by atoms with Crippen molar-refractivity contribution < 1.29 is 18.1 Å². The third-order valence-electron chi connectivity index (χ3n) is 4.18. The largest absolute Gasteiger partial charge is 0.307 e. The molecule has 0 bridgehead atoms. The van der Waals surface area contributed by atoms with Gasteiger partial charge in [0.25, 0.3) is 11.6 Å². The lowest BCUT2D eigenvalue weighted by Crippen LogP contribution is -2.29. The Morgan fingerprint density at radius 2 is 2.07 bits per heavy atom. The molecule has 0 atom stereocenters. The van der Waals surface area contributed by atoms with Gasteiger partial charge in [-0.05, 0) is 30.2 Å². The van der Waals surface area contributed by atoms with Crippen LogP contribution >= 0.6 is 0 Å². The summed E-state index contributed by atoms with van der Waals surface area (Å²) in [6.45, 7) is 0.200. The van der Waals surface area contributed by atoms with Crippen LogP contribution in [0.4, 0.5) is 11.4 Å². The summed E-state index contributed by atoms with van der Waals surface area (Å²) >= 11 is 0. The highest BCUT2D eigenvalue weighted by molar-refractivity contribution is 7.89. The van der Waals surface area contributed by atoms with Crippen LogP contribution in [-0.2, 0) is 16.4 Å². The van der Waals surface area contributed by atoms with E-state index in [4.69, 9.17) is 6.42 Å². The van der Waals surface area contributed by atoms with Crippen molar-refractivity contribution >= 4 is 27.3 Å². The molecule has 9 heteroatoms. The van der Waals surface area contributed by atoms with Crippen LogP contribution < -0.4 is 9.62 Å². The summed E-state index contributed by atoms with van der Waals surface area (Å²) < 4.78 is 26.6. The fraction of sp³-hybridized carbons (Fsp3) is 0.167. The molecular weight excluding hydrogens is 370 g/mol. The van der Waals surface area contributed by atoms with Gasteiger partial charge in [-0.2, -0.15) is 4.72 Å². The Hall–Kier alpha value is -3.22. The molecule has 1 aliphatic rings. The first kappa shape index (κ1) is 18.6. The van der Waals surface area contributed by atoms with Gasteiger partial charge in [-0.15, -0.1) is 6.42 Å². The molecule has 1 heterocycles. The number of nitrogens with zero attached hydrogens (tertiary/aromatic N) is 2. The quantitative estimate of drug-likeness (QED) is 0.479. The smallest absolute Gasteiger partial charge is 0.271 e. The Kier molecular flexibility index (Phi) is 4.94. The summed E-state index contributed by atoms with van der Waals surface area (Å²) in [4.78, 5) is 24.7. The number of hydrogen-bond donors (Lipinski definition) is 1. The molecule has 2 aromatic rings. The first-order valence-electron chi connectivity index (χ1n) is 7.96. The van der Waals surface area contributed by atoms with Crippen LogP contribution in [0.5, 0.6) is 0 Å². The molecule has 1 N–H and O–H groups in total. The summed E-state index contributed by atoms with van der Waals surface area (Å²) in [6, 6.07) is 9.97. The predicted octanol–water partition coefficient (Wildman–Crippen LogP) is 1.71. The van der Waals surface area contributed by atoms with Crippen molar-refractivity contribution in [3.05, 3.63) is 63.7 Å². The molecule has 27 heavy (non-hydrogen) atoms. The van der Waals surface area contributed by atoms with Gasteiger partial charge in [0.05, 0.1) is 22.1 Å². The molecule has 2 aromatic carbocycles. The van der Waals surface area contributed by atoms with E-state index in [1.807, 2.05) is 0 Å². The predicted molar refractivity (Wildman–Crippen MR) is 98.9 cm³/mol. The van der Waals surface area contributed by atoms with E-state index in [2.05, 4.69) is 10.6 Å². The van der Waals surface area contributed by atoms with E-state index in [1.165, 1.54) is 41.3 Å². The minimum atomic E-state index is -3.83. The van der Waals surface area contributed by atoms with E-state index in [-0.39, 0.29) is 22.7 Å². The number of terminal acetylenes is 1. The summed E-state index contributed by atoms with van der Waals surface area (Å²) in [5, 5.41) is 11.0. The molecule has 0 saturated heterocycles. The van der Waals surface area contributed by atoms with Crippen LogP contribution in [0.1, 0.15) is 15.9 Å². The molecule has 0 aliphatic carbocycles. The number of non-ortho nitro benzene ring substituents is 1. The number of nitrogens with one attached hydrogen (secondary N) is 1. The van der Waals surface area contributed by atoms with Crippen LogP contribution in [0.2, 0.25) is 0 Å². The third-order valence-corrected chi connectivity index (χ3v) is 5.57. The van der Waals surface area contributed by atoms with E-state index in [1.54, 1.807) is 6.07 Å². The number of benzene rings is 2. The van der Waals surface area contributed by atoms with Gasteiger partial charge in [0.1, 0.15) is 0 Å². The van der Waals surface area contributed by atoms with E-state index in [9.17, 15) is 23.3 Å². The molecule has 1 amide bonds. The topological polar surface area (TPSA) is 110 Å². The zero-order valence-corrected chi connectivity index (χ0v) is 14.9. The highest BCUT2D eigenvalue weighted by Crippen LogP contribution is 2.32. The van der Waals surface area contributed by atoms with Gasteiger partial charge in [-0.25, -0.2) is 8.42 Å². The maximum absolute atomic E-state index is 12.9. The molecule has 8 nitrogen and oxygen atoms in total. The van der Waals surface area contributed by atoms with Crippen molar-refractivity contribution in [1.29, 1.82) is 0 Å². The Labute approximate surface area is 156 Å². The summed E-state index contributed by atoms with van der Waals surface area (Å²) in [6.07, 6.45) is 5.64. The van der Waals surface area contributed by atoms with E-state index < -0.39 is 20.9 Å². The normalized spacial score (nSPS) is 13.1. The van der Waals surface area contributed by atoms with Gasteiger partial charge in [0.15, 0.2) is 0 Å². The minimum absolute atomic E-state index is 0.0814. The number of fused-ring (bicyclic) bond motifs is 1. The van der Waals surface area contributed by atoms with Gasteiger partial charge in [-0.3, -0.25) is 14.9 Å². The van der Waals surface area contributed by atoms with Crippen molar-refractivity contribution in [1.82, 2.24) is 4.72 Å². The van der Waals surface area contributed by atoms with Crippen molar-refractivity contribution in [3.63, 3.8) is 0 Å². The van der Waals surface area contributed by atoms with E-state index >= 15 is 0 Å². The van der Waals surface area contributed by atoms with Crippen LogP contribution in [0.3, 0.4) is 0 Å². The van der Waals surface area contributed by atoms with Crippen molar-refractivity contribution in [3.8, 4) is 12.3 Å². The molecule has 3 rings (SSSR count). The zero-order chi connectivity index (χ0) is 19.6. The number of hydrogen-bond acceptors (Lipinski definition) is 5. The zero-order valence-electron chi connectivity index (χ0n) is 14.1. The maximum Gasteiger partial charge on any atom is 0.271 e. The fourth-order valence-corrected chi connectivity index (χ4v) is 3.84. The average Bonchev–Trinajstić information content (AvgIpc) is 3.09. The van der Waals surface area contributed by atoms with Gasteiger partial charge in [0, 0.05) is 24.2 Å². The Bertz CT molecular complexity index is 1070. The lowest BCUT2D eigenvalue weighted by atomic mass is 10.1. The first-order valence-corrected chi connectivity index (χ1v) is 9.44. The number of nitro benzene ring substituents is 1. The van der Waals surface area contributed by atoms with Gasteiger partial charge in [-0.1, -0.05) is 18.1 Å². The minimum Gasteiger partial charge on any atom is -0.307 e. The molecule has 138 valence electrons. The Morgan fingerprint density at radius 3 is 2.78 bits per heavy atom. The van der Waals surface area contributed by atoms with Crippen molar-refractivity contribution in [2.45, 2.75) is 11.3 Å². The van der Waals surface area contributed by atoms with Crippen molar-refractivity contribution in [2.75, 3.05) is 18.0 Å². The van der Waals surface area contributed by atoms with Crippen LogP contribution in [0.25, 0.3) is 0 Å². The fourth-order valence-electron chi connectivity index (χ4n) is 2.86. The number of amides is 1. The van der Waals surface area contributed by atoms with Gasteiger partial charge < -0.3 is 4.90 Å². The highest BCUT2D eigenvalue weighted by Gasteiger charge is 2.28. The van der Waals surface area contributed by atoms with E-state index in [0.29, 0.717) is 18.7 Å². The van der Waals surface area contributed by atoms with Crippen LogP contribution in [0.15, 0.2) is 47.4 Å². The standard InChI is InChI=1S/C18H15N3O5S/c1-2-9-19-27(25,26)16-5-3-4-14(11-16)18(22)20-10-8-13-6-7-15(21(23)24)12-17(13)20/h1,3-7,11-12,19H,8-10H2. The van der Waals surface area contributed by atoms with E-state index in [0.717, 1.165) is 5.56 Å². The maximum atomic E-state index is 12.9. The first-order chi connectivity index (χ1) is 12.8. The molecule has 0 aromatic heterocycles. The van der Waals surface area contributed by atoms with Crippen LogP contribution in [-0.4, -0.2) is 32.3 Å². The summed E-state index contributed by atoms with van der Waals surface area (Å²) in [5.74, 6) is 1.75. The second kappa shape index (κ2) is 7.19. The molecule has 1 aliphatic heterocycles. The second-order valence-electron chi connectivity index (χ2n) is 5.83. The number of carbonyl (C=O) groups excluding carboxylic acids is 1. The van der Waals surface area contributed by atoms with Gasteiger partial charge in [0.2, 0.25) is 10.0 Å². The SMILES string of the molecule is C#CCNS(=O)(=O)c1cccc(C(=O)N2CCc3ccc([N+](=O)[O-])cc32)c1. The molecule has 0 spiro atoms. The molecule has 0 fully saturated rings. The monoisotopic (exact) mass is 385 g/mol. The Morgan fingerprint density at radius 1 is 1.30 bits per heavy atom. The molecule has 0 unspecified atom stereocenters. The lowest BCUT2D eigenvalue weighted by molar-refractivity contribution is -0.384. The highest BCUT2D eigenvalue weighted by atomic mass is 32.2. The Balaban J connectivity index is 1.93. The summed E-state index contributed by atoms with van der Waals surface area (Å²) in [5.41, 5.74) is 1.35. The number of rotatable bonds is 5. The number of carbonyl (C=O) groups is 1. The molecular formula is C18H15N3O5S. The third kappa shape index (κ3) is 3.67. The number of anilines is 1. The number of nitro groups is 1. The van der Waals surface area contributed by atoms with Gasteiger partial charge >= 0.3 is 0 Å². The summed E-state index contributed by atoms with van der Waals surface area (Å²) in [7, 11) is -3.83. The molecule has 0 radical (unpaired) electrons. The van der Waals surface area contributed by atoms with Crippen LogP contribution in [0, 0.1) is 22.5 Å². The average molecular weight is 385 g/mol. The lowest BCUT2D eigenvalue weighted by Gasteiger charge is -2.17. The van der Waals surface area contributed by atoms with Crippen molar-refractivity contribution in [2.24, 2.45) is 0 Å². The molecule has 0 saturated carbocycles.